The van der Waals surface area contributed by atoms with Crippen molar-refractivity contribution in [1.82, 2.24) is 4.90 Å². The second-order valence-corrected chi connectivity index (χ2v) is 6.88. The molecule has 1 fully saturated rings. The highest BCUT2D eigenvalue weighted by molar-refractivity contribution is 5.97. The summed E-state index contributed by atoms with van der Waals surface area (Å²) >= 11 is 0. The number of benzene rings is 1. The van der Waals surface area contributed by atoms with Gasteiger partial charge in [0.2, 0.25) is 0 Å². The predicted molar refractivity (Wildman–Crippen MR) is 95.8 cm³/mol. The fourth-order valence-electron chi connectivity index (χ4n) is 3.26. The van der Waals surface area contributed by atoms with Crippen molar-refractivity contribution < 1.29 is 28.9 Å². The van der Waals surface area contributed by atoms with Crippen LogP contribution in [0.2, 0.25) is 0 Å². The Morgan fingerprint density at radius 2 is 2.04 bits per heavy atom. The molecule has 1 saturated heterocycles. The van der Waals surface area contributed by atoms with Crippen molar-refractivity contribution in [3.8, 4) is 11.5 Å². The lowest BCUT2D eigenvalue weighted by molar-refractivity contribution is -0.155. The highest BCUT2D eigenvalue weighted by Crippen LogP contribution is 2.33. The molecule has 0 spiro atoms. The molecule has 1 aromatic carbocycles. The first-order valence-corrected chi connectivity index (χ1v) is 8.69. The van der Waals surface area contributed by atoms with Crippen LogP contribution in [0.3, 0.4) is 0 Å². The third kappa shape index (κ3) is 4.27. The number of methoxy groups -OCH3 is 2. The average molecular weight is 365 g/mol. The molecule has 0 bridgehead atoms. The molecule has 1 atom stereocenters. The number of piperidine rings is 1. The Morgan fingerprint density at radius 3 is 2.62 bits per heavy atom. The quantitative estimate of drug-likeness (QED) is 0.799. The average Bonchev–Trinajstić information content (AvgIpc) is 2.61. The number of likely N-dealkylation sites (tertiary alicyclic amines) is 1. The Morgan fingerprint density at radius 1 is 1.31 bits per heavy atom. The highest BCUT2D eigenvalue weighted by atomic mass is 16.5. The van der Waals surface area contributed by atoms with Crippen molar-refractivity contribution >= 4 is 11.9 Å². The van der Waals surface area contributed by atoms with Crippen molar-refractivity contribution in [1.29, 1.82) is 0 Å². The summed E-state index contributed by atoms with van der Waals surface area (Å²) in [4.78, 5) is 26.5. The lowest BCUT2D eigenvalue weighted by Crippen LogP contribution is -2.52. The summed E-state index contributed by atoms with van der Waals surface area (Å²) in [5.74, 6) is -0.160. The largest absolute Gasteiger partial charge is 0.497 e. The van der Waals surface area contributed by atoms with E-state index in [-0.39, 0.29) is 25.2 Å². The van der Waals surface area contributed by atoms with Crippen LogP contribution < -0.4 is 9.47 Å². The number of carboxylic acid groups (broad SMARTS) is 1. The lowest BCUT2D eigenvalue weighted by Gasteiger charge is -2.39. The van der Waals surface area contributed by atoms with Crippen LogP contribution in [0.25, 0.3) is 0 Å². The summed E-state index contributed by atoms with van der Waals surface area (Å²) in [7, 11) is 3.02. The molecule has 26 heavy (non-hydrogen) atoms. The van der Waals surface area contributed by atoms with E-state index in [2.05, 4.69) is 0 Å². The molecule has 1 aliphatic rings. The second kappa shape index (κ2) is 8.40. The maximum Gasteiger partial charge on any atom is 0.313 e. The molecular weight excluding hydrogens is 338 g/mol. The molecule has 0 radical (unpaired) electrons. The minimum atomic E-state index is -1.08. The molecule has 1 amide bonds. The van der Waals surface area contributed by atoms with Crippen molar-refractivity contribution in [2.75, 3.05) is 33.9 Å². The number of rotatable bonds is 7. The highest BCUT2D eigenvalue weighted by Gasteiger charge is 2.44. The monoisotopic (exact) mass is 365 g/mol. The van der Waals surface area contributed by atoms with E-state index in [1.165, 1.54) is 7.11 Å². The Hall–Kier alpha value is -2.28. The van der Waals surface area contributed by atoms with Gasteiger partial charge in [-0.25, -0.2) is 0 Å². The van der Waals surface area contributed by atoms with Gasteiger partial charge in [0.1, 0.15) is 16.9 Å². The van der Waals surface area contributed by atoms with Crippen LogP contribution in [0.4, 0.5) is 0 Å². The standard InChI is InChI=1S/C19H27NO6/c1-13(2)26-16-10-14(25-4)6-7-15(16)17(21)20-9-5-8-19(11-20,12-24-3)18(22)23/h6-7,10,13H,5,8-9,11-12H2,1-4H3,(H,22,23). The number of nitrogens with zero attached hydrogens (tertiary/aromatic N) is 1. The Kier molecular flexibility index (Phi) is 6.47. The van der Waals surface area contributed by atoms with Crippen molar-refractivity contribution in [2.45, 2.75) is 32.8 Å². The number of aliphatic carboxylic acids is 1. The summed E-state index contributed by atoms with van der Waals surface area (Å²) < 4.78 is 16.1. The summed E-state index contributed by atoms with van der Waals surface area (Å²) in [5, 5.41) is 9.67. The van der Waals surface area contributed by atoms with Crippen LogP contribution in [-0.2, 0) is 9.53 Å². The van der Waals surface area contributed by atoms with Crippen LogP contribution >= 0.6 is 0 Å². The maximum atomic E-state index is 13.1. The molecule has 1 aliphatic heterocycles. The summed E-state index contributed by atoms with van der Waals surface area (Å²) in [6, 6.07) is 5.03. The topological polar surface area (TPSA) is 85.3 Å². The minimum Gasteiger partial charge on any atom is -0.497 e. The third-order valence-corrected chi connectivity index (χ3v) is 4.52. The van der Waals surface area contributed by atoms with Crippen LogP contribution in [0.5, 0.6) is 11.5 Å². The molecule has 1 heterocycles. The van der Waals surface area contributed by atoms with E-state index in [0.29, 0.717) is 36.4 Å². The van der Waals surface area contributed by atoms with Gasteiger partial charge in [-0.3, -0.25) is 9.59 Å². The summed E-state index contributed by atoms with van der Waals surface area (Å²) in [6.45, 7) is 4.45. The first-order valence-electron chi connectivity index (χ1n) is 8.69. The normalized spacial score (nSPS) is 20.1. The molecular formula is C19H27NO6. The van der Waals surface area contributed by atoms with Gasteiger partial charge < -0.3 is 24.2 Å². The van der Waals surface area contributed by atoms with E-state index in [0.717, 1.165) is 0 Å². The molecule has 0 aliphatic carbocycles. The summed E-state index contributed by atoms with van der Waals surface area (Å²) in [6.07, 6.45) is 0.983. The zero-order chi connectivity index (χ0) is 19.3. The van der Waals surface area contributed by atoms with Gasteiger partial charge in [-0.15, -0.1) is 0 Å². The molecule has 0 aromatic heterocycles. The van der Waals surface area contributed by atoms with Crippen molar-refractivity contribution in [3.63, 3.8) is 0 Å². The molecule has 1 aromatic rings. The number of carbonyl (C=O) groups excluding carboxylic acids is 1. The summed E-state index contributed by atoms with van der Waals surface area (Å²) in [5.41, 5.74) is -0.674. The number of ether oxygens (including phenoxy) is 3. The first kappa shape index (κ1) is 20.0. The fourth-order valence-corrected chi connectivity index (χ4v) is 3.26. The van der Waals surface area contributed by atoms with Gasteiger partial charge >= 0.3 is 5.97 Å². The smallest absolute Gasteiger partial charge is 0.313 e. The molecule has 7 nitrogen and oxygen atoms in total. The lowest BCUT2D eigenvalue weighted by atomic mass is 9.80. The van der Waals surface area contributed by atoms with E-state index in [9.17, 15) is 14.7 Å². The van der Waals surface area contributed by atoms with Crippen LogP contribution in [0.1, 0.15) is 37.0 Å². The Bertz CT molecular complexity index is 655. The Balaban J connectivity index is 2.31. The number of hydrogen-bond acceptors (Lipinski definition) is 5. The SMILES string of the molecule is COCC1(C(=O)O)CCCN(C(=O)c2ccc(OC)cc2OC(C)C)C1. The van der Waals surface area contributed by atoms with Gasteiger partial charge in [0, 0.05) is 26.3 Å². The van der Waals surface area contributed by atoms with Gasteiger partial charge in [-0.05, 0) is 38.8 Å². The first-order chi connectivity index (χ1) is 12.3. The van der Waals surface area contributed by atoms with Gasteiger partial charge in [-0.2, -0.15) is 0 Å². The van der Waals surface area contributed by atoms with Gasteiger partial charge in [-0.1, -0.05) is 0 Å². The van der Waals surface area contributed by atoms with Gasteiger partial charge in [0.05, 0.1) is 25.4 Å². The van der Waals surface area contributed by atoms with Crippen LogP contribution in [0.15, 0.2) is 18.2 Å². The Labute approximate surface area is 153 Å². The zero-order valence-electron chi connectivity index (χ0n) is 15.8. The number of hydrogen-bond donors (Lipinski definition) is 1. The molecule has 1 N–H and O–H groups in total. The van der Waals surface area contributed by atoms with Crippen LogP contribution in [-0.4, -0.2) is 61.9 Å². The van der Waals surface area contributed by atoms with E-state index in [1.807, 2.05) is 13.8 Å². The minimum absolute atomic E-state index is 0.0735. The maximum absolute atomic E-state index is 13.1. The van der Waals surface area contributed by atoms with Crippen molar-refractivity contribution in [2.24, 2.45) is 5.41 Å². The van der Waals surface area contributed by atoms with E-state index in [4.69, 9.17) is 14.2 Å². The second-order valence-electron chi connectivity index (χ2n) is 6.88. The number of carbonyl (C=O) groups is 2. The van der Waals surface area contributed by atoms with Gasteiger partial charge in [0.15, 0.2) is 0 Å². The van der Waals surface area contributed by atoms with Crippen LogP contribution in [0, 0.1) is 5.41 Å². The molecule has 144 valence electrons. The predicted octanol–water partition coefficient (Wildman–Crippen LogP) is 2.44. The fraction of sp³-hybridized carbons (Fsp3) is 0.579. The van der Waals surface area contributed by atoms with Crippen molar-refractivity contribution in [3.05, 3.63) is 23.8 Å². The molecule has 2 rings (SSSR count). The number of amides is 1. The zero-order valence-corrected chi connectivity index (χ0v) is 15.8. The third-order valence-electron chi connectivity index (χ3n) is 4.52. The number of carboxylic acids is 1. The van der Waals surface area contributed by atoms with E-state index >= 15 is 0 Å². The van der Waals surface area contributed by atoms with E-state index in [1.54, 1.807) is 30.2 Å². The molecule has 0 saturated carbocycles. The molecule has 7 heteroatoms. The molecule has 1 unspecified atom stereocenters. The van der Waals surface area contributed by atoms with E-state index < -0.39 is 11.4 Å². The van der Waals surface area contributed by atoms with Gasteiger partial charge in [0.25, 0.3) is 5.91 Å².